The fourth-order valence-corrected chi connectivity index (χ4v) is 9.00. The minimum absolute atomic E-state index is 0.144. The Kier molecular flexibility index (Phi) is 5.50. The van der Waals surface area contributed by atoms with E-state index in [0.717, 1.165) is 38.5 Å². The number of aromatic nitrogens is 3. The van der Waals surface area contributed by atoms with Crippen molar-refractivity contribution in [1.29, 1.82) is 0 Å². The maximum atomic E-state index is 5.31. The molecule has 1 aliphatic rings. The van der Waals surface area contributed by atoms with Gasteiger partial charge < -0.3 is 4.57 Å². The molecule has 3 nitrogen and oxygen atoms in total. The van der Waals surface area contributed by atoms with E-state index < -0.39 is 0 Å². The Balaban J connectivity index is 1.25. The molecule has 0 saturated heterocycles. The summed E-state index contributed by atoms with van der Waals surface area (Å²) >= 11 is 1.74. The van der Waals surface area contributed by atoms with Crippen LogP contribution in [-0.2, 0) is 5.41 Å². The summed E-state index contributed by atoms with van der Waals surface area (Å²) < 4.78 is 3.69. The molecular formula is C43H29N3S. The summed E-state index contributed by atoms with van der Waals surface area (Å²) in [5.74, 6) is 0.739. The van der Waals surface area contributed by atoms with Gasteiger partial charge in [-0.05, 0) is 46.5 Å². The van der Waals surface area contributed by atoms with Crippen molar-refractivity contribution in [3.05, 3.63) is 151 Å². The van der Waals surface area contributed by atoms with Crippen LogP contribution in [0, 0.1) is 0 Å². The molecular weight excluding hydrogens is 591 g/mol. The second kappa shape index (κ2) is 9.71. The maximum absolute atomic E-state index is 5.31. The van der Waals surface area contributed by atoms with Crippen LogP contribution in [0.5, 0.6) is 0 Å². The van der Waals surface area contributed by atoms with Crippen molar-refractivity contribution in [1.82, 2.24) is 14.5 Å². The van der Waals surface area contributed by atoms with Gasteiger partial charge in [0.1, 0.15) is 4.83 Å². The highest BCUT2D eigenvalue weighted by Gasteiger charge is 2.38. The molecule has 0 bridgehead atoms. The van der Waals surface area contributed by atoms with Gasteiger partial charge in [-0.1, -0.05) is 129 Å². The third-order valence-electron chi connectivity index (χ3n) is 10.0. The van der Waals surface area contributed by atoms with E-state index in [1.165, 1.54) is 54.1 Å². The predicted octanol–water partition coefficient (Wildman–Crippen LogP) is 11.6. The van der Waals surface area contributed by atoms with Crippen molar-refractivity contribution < 1.29 is 0 Å². The van der Waals surface area contributed by atoms with E-state index in [1.54, 1.807) is 11.3 Å². The molecule has 47 heavy (non-hydrogen) atoms. The average molecular weight is 620 g/mol. The molecule has 222 valence electrons. The Bertz CT molecular complexity index is 2710. The summed E-state index contributed by atoms with van der Waals surface area (Å²) in [5, 5.41) is 4.86. The zero-order valence-electron chi connectivity index (χ0n) is 26.0. The molecule has 1 aliphatic carbocycles. The van der Waals surface area contributed by atoms with Gasteiger partial charge in [0.05, 0.1) is 16.7 Å². The van der Waals surface area contributed by atoms with Crippen molar-refractivity contribution in [2.75, 3.05) is 0 Å². The second-order valence-electron chi connectivity index (χ2n) is 13.0. The molecule has 0 saturated carbocycles. The lowest BCUT2D eigenvalue weighted by Crippen LogP contribution is -2.16. The number of para-hydroxylation sites is 1. The SMILES string of the molecule is CC1(C)c2ccccc2-c2ccc3c4ccccc4n(-c4cccc(-c5nc(-c6ccccc6)c6c(n5)sc5ccccc56)c4)c3c21. The average Bonchev–Trinajstić information content (AvgIpc) is 3.74. The summed E-state index contributed by atoms with van der Waals surface area (Å²) in [6.45, 7) is 4.74. The lowest BCUT2D eigenvalue weighted by molar-refractivity contribution is 0.664. The molecule has 0 unspecified atom stereocenters. The van der Waals surface area contributed by atoms with Gasteiger partial charge in [-0.2, -0.15) is 0 Å². The van der Waals surface area contributed by atoms with Crippen LogP contribution in [0.3, 0.4) is 0 Å². The molecule has 3 heterocycles. The third-order valence-corrected chi connectivity index (χ3v) is 11.1. The number of rotatable bonds is 3. The van der Waals surface area contributed by atoms with Crippen LogP contribution in [0.1, 0.15) is 25.0 Å². The number of nitrogens with zero attached hydrogens (tertiary/aromatic N) is 3. The van der Waals surface area contributed by atoms with Gasteiger partial charge in [0.15, 0.2) is 5.82 Å². The van der Waals surface area contributed by atoms with Gasteiger partial charge in [0, 0.05) is 48.5 Å². The summed E-state index contributed by atoms with van der Waals surface area (Å²) in [7, 11) is 0. The van der Waals surface area contributed by atoms with Crippen LogP contribution in [0.25, 0.3) is 81.6 Å². The largest absolute Gasteiger partial charge is 0.309 e. The van der Waals surface area contributed by atoms with Crippen LogP contribution in [-0.4, -0.2) is 14.5 Å². The molecule has 3 aromatic heterocycles. The fraction of sp³-hybridized carbons (Fsp3) is 0.0698. The first-order chi connectivity index (χ1) is 23.1. The van der Waals surface area contributed by atoms with E-state index in [-0.39, 0.29) is 5.41 Å². The standard InChI is InChI=1S/C43H29N3S/c1-43(2)34-20-9-6-17-29(34)31-23-24-32-30-18-7-10-21-35(30)46(40(32)38(31)43)28-16-12-15-27(25-28)41-44-39(26-13-4-3-5-14-26)37-33-19-8-11-22-36(33)47-42(37)45-41/h3-25H,1-2H3. The Morgan fingerprint density at radius 1 is 0.596 bits per heavy atom. The topological polar surface area (TPSA) is 30.7 Å². The summed E-state index contributed by atoms with van der Waals surface area (Å²) in [5.41, 5.74) is 11.9. The molecule has 6 aromatic carbocycles. The van der Waals surface area contributed by atoms with E-state index in [2.05, 4.69) is 158 Å². The van der Waals surface area contributed by atoms with Gasteiger partial charge in [-0.25, -0.2) is 9.97 Å². The molecule has 9 aromatic rings. The normalized spacial score (nSPS) is 13.5. The van der Waals surface area contributed by atoms with Crippen LogP contribution >= 0.6 is 11.3 Å². The molecule has 0 radical (unpaired) electrons. The zero-order valence-corrected chi connectivity index (χ0v) is 26.8. The van der Waals surface area contributed by atoms with E-state index in [4.69, 9.17) is 9.97 Å². The molecule has 0 N–H and O–H groups in total. The Hall–Kier alpha value is -5.58. The van der Waals surface area contributed by atoms with Gasteiger partial charge in [-0.3, -0.25) is 0 Å². The van der Waals surface area contributed by atoms with E-state index in [9.17, 15) is 0 Å². The molecule has 0 amide bonds. The van der Waals surface area contributed by atoms with Crippen LogP contribution in [0.4, 0.5) is 0 Å². The van der Waals surface area contributed by atoms with Gasteiger partial charge >= 0.3 is 0 Å². The number of benzene rings is 6. The van der Waals surface area contributed by atoms with E-state index in [0.29, 0.717) is 0 Å². The zero-order chi connectivity index (χ0) is 31.3. The second-order valence-corrected chi connectivity index (χ2v) is 14.0. The molecule has 0 aliphatic heterocycles. The Labute approximate surface area is 276 Å². The van der Waals surface area contributed by atoms with Crippen molar-refractivity contribution in [3.63, 3.8) is 0 Å². The fourth-order valence-electron chi connectivity index (χ4n) is 7.92. The monoisotopic (exact) mass is 619 g/mol. The number of fused-ring (bicyclic) bond motifs is 10. The Morgan fingerprint density at radius 2 is 1.34 bits per heavy atom. The highest BCUT2D eigenvalue weighted by molar-refractivity contribution is 7.25. The Morgan fingerprint density at radius 3 is 2.23 bits per heavy atom. The van der Waals surface area contributed by atoms with Crippen LogP contribution < -0.4 is 0 Å². The van der Waals surface area contributed by atoms with Crippen molar-refractivity contribution >= 4 is 53.4 Å². The lowest BCUT2D eigenvalue weighted by atomic mass is 9.81. The van der Waals surface area contributed by atoms with Gasteiger partial charge in [-0.15, -0.1) is 11.3 Å². The third kappa shape index (κ3) is 3.73. The van der Waals surface area contributed by atoms with Crippen molar-refractivity contribution in [3.8, 4) is 39.5 Å². The van der Waals surface area contributed by atoms with Crippen molar-refractivity contribution in [2.24, 2.45) is 0 Å². The number of thiophene rings is 1. The maximum Gasteiger partial charge on any atom is 0.161 e. The molecule has 0 fully saturated rings. The highest BCUT2D eigenvalue weighted by Crippen LogP contribution is 2.53. The quantitative estimate of drug-likeness (QED) is 0.197. The van der Waals surface area contributed by atoms with Crippen LogP contribution in [0.2, 0.25) is 0 Å². The summed E-state index contributed by atoms with van der Waals surface area (Å²) in [6, 6.07) is 50.2. The molecule has 10 rings (SSSR count). The first kappa shape index (κ1) is 26.6. The lowest BCUT2D eigenvalue weighted by Gasteiger charge is -2.23. The first-order valence-corrected chi connectivity index (χ1v) is 16.9. The molecule has 4 heteroatoms. The van der Waals surface area contributed by atoms with E-state index in [1.807, 2.05) is 0 Å². The minimum atomic E-state index is -0.144. The first-order valence-electron chi connectivity index (χ1n) is 16.1. The van der Waals surface area contributed by atoms with Gasteiger partial charge in [0.2, 0.25) is 0 Å². The highest BCUT2D eigenvalue weighted by atomic mass is 32.1. The van der Waals surface area contributed by atoms with E-state index >= 15 is 0 Å². The smallest absolute Gasteiger partial charge is 0.161 e. The van der Waals surface area contributed by atoms with Crippen molar-refractivity contribution in [2.45, 2.75) is 19.3 Å². The minimum Gasteiger partial charge on any atom is -0.309 e. The summed E-state index contributed by atoms with van der Waals surface area (Å²) in [6.07, 6.45) is 0. The summed E-state index contributed by atoms with van der Waals surface area (Å²) in [4.78, 5) is 11.5. The predicted molar refractivity (Wildman–Crippen MR) is 198 cm³/mol. The number of hydrogen-bond acceptors (Lipinski definition) is 3. The van der Waals surface area contributed by atoms with Gasteiger partial charge in [0.25, 0.3) is 0 Å². The molecule has 0 spiro atoms. The molecule has 0 atom stereocenters. The number of hydrogen-bond donors (Lipinski definition) is 0. The van der Waals surface area contributed by atoms with Crippen LogP contribution in [0.15, 0.2) is 140 Å².